The molecule has 0 aromatic carbocycles. The lowest BCUT2D eigenvalue weighted by molar-refractivity contribution is -0.117. The quantitative estimate of drug-likeness (QED) is 0.243. The summed E-state index contributed by atoms with van der Waals surface area (Å²) in [7, 11) is 0. The number of hydrogen-bond donors (Lipinski definition) is 0. The second-order valence-electron chi connectivity index (χ2n) is 2.13. The van der Waals surface area contributed by atoms with Crippen LogP contribution in [0.25, 0.3) is 0 Å². The summed E-state index contributed by atoms with van der Waals surface area (Å²) in [6, 6.07) is 0.0995. The lowest BCUT2D eigenvalue weighted by Gasteiger charge is -1.82. The van der Waals surface area contributed by atoms with Crippen LogP contribution in [-0.2, 0) is 14.3 Å². The van der Waals surface area contributed by atoms with Crippen LogP contribution in [0.1, 0.15) is 13.8 Å². The lowest BCUT2D eigenvalue weighted by atomic mass is 10.4. The second kappa shape index (κ2) is 4.41. The Bertz CT molecular complexity index is 202. The number of ether oxygens (including phenoxy) is 1. The van der Waals surface area contributed by atoms with Crippen molar-refractivity contribution in [1.29, 1.82) is 0 Å². The third-order valence-corrected chi connectivity index (χ3v) is 0.713. The van der Waals surface area contributed by atoms with Crippen LogP contribution < -0.4 is 0 Å². The molecule has 1 aliphatic rings. The summed E-state index contributed by atoms with van der Waals surface area (Å²) >= 11 is 0. The smallest absolute Gasteiger partial charge is 0.379 e. The molecule has 4 nitrogen and oxygen atoms in total. The highest BCUT2D eigenvalue weighted by atomic mass is 16.6. The molecule has 60 valence electrons. The third-order valence-electron chi connectivity index (χ3n) is 0.713. The lowest BCUT2D eigenvalue weighted by Crippen LogP contribution is -1.83. The van der Waals surface area contributed by atoms with E-state index < -0.39 is 0 Å². The van der Waals surface area contributed by atoms with Gasteiger partial charge in [-0.1, -0.05) is 0 Å². The summed E-state index contributed by atoms with van der Waals surface area (Å²) in [5.41, 5.74) is 0. The van der Waals surface area contributed by atoms with Gasteiger partial charge >= 0.3 is 5.97 Å². The molecular formula is C7H9NO3. The molecule has 0 aliphatic carbocycles. The Balaban J connectivity index is 0.000000183. The Hall–Kier alpha value is -1.41. The van der Waals surface area contributed by atoms with Crippen molar-refractivity contribution in [2.24, 2.45) is 4.99 Å². The van der Waals surface area contributed by atoms with Gasteiger partial charge < -0.3 is 4.74 Å². The van der Waals surface area contributed by atoms with Crippen molar-refractivity contribution in [3.8, 4) is 0 Å². The van der Waals surface area contributed by atoms with Gasteiger partial charge in [-0.25, -0.2) is 14.6 Å². The Morgan fingerprint density at radius 2 is 2.00 bits per heavy atom. The first-order valence-electron chi connectivity index (χ1n) is 3.06. The van der Waals surface area contributed by atoms with Crippen LogP contribution in [-0.4, -0.2) is 18.1 Å². The van der Waals surface area contributed by atoms with E-state index in [2.05, 4.69) is 16.3 Å². The van der Waals surface area contributed by atoms with Crippen molar-refractivity contribution >= 4 is 12.0 Å². The Labute approximate surface area is 64.6 Å². The van der Waals surface area contributed by atoms with Crippen molar-refractivity contribution in [3.05, 3.63) is 12.3 Å². The van der Waals surface area contributed by atoms with E-state index in [0.29, 0.717) is 0 Å². The van der Waals surface area contributed by atoms with Gasteiger partial charge in [0.15, 0.2) is 0 Å². The van der Waals surface area contributed by atoms with E-state index in [1.807, 2.05) is 13.8 Å². The van der Waals surface area contributed by atoms with Gasteiger partial charge in [-0.15, -0.1) is 0 Å². The zero-order chi connectivity index (χ0) is 8.85. The minimum Gasteiger partial charge on any atom is -0.414 e. The molecule has 1 fully saturated rings. The van der Waals surface area contributed by atoms with Crippen molar-refractivity contribution in [1.82, 2.24) is 0 Å². The van der Waals surface area contributed by atoms with E-state index in [1.165, 1.54) is 6.08 Å². The van der Waals surface area contributed by atoms with Gasteiger partial charge in [-0.05, 0) is 20.4 Å². The molecule has 11 heavy (non-hydrogen) atoms. The molecule has 1 heterocycles. The molecule has 0 N–H and O–H groups in total. The minimum atomic E-state index is -0.273. The first-order chi connectivity index (χ1) is 5.07. The van der Waals surface area contributed by atoms with Crippen LogP contribution in [0.2, 0.25) is 0 Å². The highest BCUT2D eigenvalue weighted by Crippen LogP contribution is 2.11. The molecule has 0 saturated carbocycles. The molecule has 1 rings (SSSR count). The number of isocyanates is 1. The van der Waals surface area contributed by atoms with E-state index >= 15 is 0 Å². The van der Waals surface area contributed by atoms with E-state index in [-0.39, 0.29) is 17.8 Å². The van der Waals surface area contributed by atoms with Crippen molar-refractivity contribution in [2.75, 3.05) is 0 Å². The number of carbonyl (C=O) groups excluding carboxylic acids is 2. The maximum Gasteiger partial charge on any atom is 0.379 e. The first-order valence-corrected chi connectivity index (χ1v) is 3.06. The molecule has 0 unspecified atom stereocenters. The van der Waals surface area contributed by atoms with Gasteiger partial charge in [0, 0.05) is 0 Å². The molecule has 0 amide bonds. The number of rotatable bonds is 1. The summed E-state index contributed by atoms with van der Waals surface area (Å²) in [5.74, 6) is 0.00926. The van der Waals surface area contributed by atoms with Crippen LogP contribution in [0.15, 0.2) is 17.3 Å². The predicted octanol–water partition coefficient (Wildman–Crippen LogP) is 0.787. The zero-order valence-corrected chi connectivity index (χ0v) is 6.46. The standard InChI is InChI=1S/C4H7NO.C3H2O2/c1-4(2)5-3-6;1-2-3(4)5-2/h4H,1-2H3;1H2. The summed E-state index contributed by atoms with van der Waals surface area (Å²) < 4.78 is 4.08. The Kier molecular flexibility index (Phi) is 3.85. The van der Waals surface area contributed by atoms with Crippen molar-refractivity contribution < 1.29 is 14.3 Å². The first kappa shape index (κ1) is 9.59. The average Bonchev–Trinajstić information content (AvgIpc) is 2.46. The monoisotopic (exact) mass is 155 g/mol. The topological polar surface area (TPSA) is 59.0 Å². The van der Waals surface area contributed by atoms with E-state index in [9.17, 15) is 9.59 Å². The molecule has 0 aromatic heterocycles. The second-order valence-corrected chi connectivity index (χ2v) is 2.13. The molecule has 0 bridgehead atoms. The van der Waals surface area contributed by atoms with Gasteiger partial charge in [0.2, 0.25) is 11.8 Å². The van der Waals surface area contributed by atoms with Crippen LogP contribution in [0.5, 0.6) is 0 Å². The summed E-state index contributed by atoms with van der Waals surface area (Å²) in [4.78, 5) is 22.2. The highest BCUT2D eigenvalue weighted by Gasteiger charge is 2.26. The fourth-order valence-electron chi connectivity index (χ4n) is 0.192. The van der Waals surface area contributed by atoms with E-state index in [1.54, 1.807) is 0 Å². The largest absolute Gasteiger partial charge is 0.414 e. The molecule has 0 atom stereocenters. The van der Waals surface area contributed by atoms with Crippen LogP contribution >= 0.6 is 0 Å². The average molecular weight is 155 g/mol. The van der Waals surface area contributed by atoms with Gasteiger partial charge in [0.25, 0.3) is 0 Å². The molecule has 1 aliphatic heterocycles. The molecule has 0 spiro atoms. The molecule has 4 heteroatoms. The summed E-state index contributed by atoms with van der Waals surface area (Å²) in [5, 5.41) is 0. The van der Waals surface area contributed by atoms with Crippen LogP contribution in [0.3, 0.4) is 0 Å². The van der Waals surface area contributed by atoms with Gasteiger partial charge in [0.1, 0.15) is 0 Å². The predicted molar refractivity (Wildman–Crippen MR) is 38.5 cm³/mol. The zero-order valence-electron chi connectivity index (χ0n) is 6.46. The summed E-state index contributed by atoms with van der Waals surface area (Å²) in [6.07, 6.45) is 1.44. The Morgan fingerprint density at radius 1 is 1.64 bits per heavy atom. The van der Waals surface area contributed by atoms with E-state index in [0.717, 1.165) is 0 Å². The molecule has 0 radical (unpaired) electrons. The van der Waals surface area contributed by atoms with E-state index in [4.69, 9.17) is 0 Å². The number of hydrogen-bond acceptors (Lipinski definition) is 4. The number of epoxide rings is 1. The third kappa shape index (κ3) is 6.48. The fourth-order valence-corrected chi connectivity index (χ4v) is 0.192. The van der Waals surface area contributed by atoms with Gasteiger partial charge in [0.05, 0.1) is 6.04 Å². The molecule has 1 saturated heterocycles. The van der Waals surface area contributed by atoms with Crippen molar-refractivity contribution in [2.45, 2.75) is 19.9 Å². The van der Waals surface area contributed by atoms with Crippen molar-refractivity contribution in [3.63, 3.8) is 0 Å². The molecule has 0 aromatic rings. The van der Waals surface area contributed by atoms with Crippen LogP contribution in [0, 0.1) is 0 Å². The van der Waals surface area contributed by atoms with Gasteiger partial charge in [-0.3, -0.25) is 0 Å². The highest BCUT2D eigenvalue weighted by molar-refractivity contribution is 5.99. The maximum atomic E-state index is 9.56. The maximum absolute atomic E-state index is 9.56. The fraction of sp³-hybridized carbons (Fsp3) is 0.429. The minimum absolute atomic E-state index is 0.0995. The van der Waals surface area contributed by atoms with Gasteiger partial charge in [-0.2, -0.15) is 0 Å². The van der Waals surface area contributed by atoms with Crippen LogP contribution in [0.4, 0.5) is 0 Å². The molecular weight excluding hydrogens is 146 g/mol. The number of carbonyl (C=O) groups is 1. The Morgan fingerprint density at radius 3 is 2.00 bits per heavy atom. The number of cyclic esters (lactones) is 1. The number of nitrogens with zero attached hydrogens (tertiary/aromatic N) is 1. The SMILES string of the molecule is C=C1OC1=O.CC(C)N=C=O. The number of aliphatic imine (C=N–C) groups is 1. The normalized spacial score (nSPS) is 12.6. The summed E-state index contributed by atoms with van der Waals surface area (Å²) in [6.45, 7) is 6.82.